The average molecular weight is 455 g/mol. The lowest BCUT2D eigenvalue weighted by Crippen LogP contribution is -2.44. The number of rotatable bonds is 8. The van der Waals surface area contributed by atoms with E-state index in [-0.39, 0.29) is 5.56 Å². The highest BCUT2D eigenvalue weighted by atomic mass is 16.5. The second-order valence-electron chi connectivity index (χ2n) is 8.70. The number of hydrogen-bond acceptors (Lipinski definition) is 7. The maximum atomic E-state index is 13.1. The Bertz CT molecular complexity index is 1010. The molecule has 0 radical (unpaired) electrons. The number of carbonyl (C=O) groups is 1. The van der Waals surface area contributed by atoms with Crippen LogP contribution in [0.3, 0.4) is 0 Å². The Morgan fingerprint density at radius 2 is 1.85 bits per heavy atom. The maximum absolute atomic E-state index is 13.1. The summed E-state index contributed by atoms with van der Waals surface area (Å²) in [5, 5.41) is 6.19. The molecule has 9 nitrogen and oxygen atoms in total. The van der Waals surface area contributed by atoms with E-state index in [1.165, 1.54) is 12.8 Å². The number of aromatic nitrogens is 1. The molecule has 4 rings (SSSR count). The van der Waals surface area contributed by atoms with E-state index in [0.717, 1.165) is 57.3 Å². The van der Waals surface area contributed by atoms with E-state index in [4.69, 9.17) is 4.74 Å². The topological polar surface area (TPSA) is 92.9 Å². The number of hydrogen-bond donors (Lipinski definition) is 3. The summed E-state index contributed by atoms with van der Waals surface area (Å²) < 4.78 is 5.56. The molecule has 0 bridgehead atoms. The van der Waals surface area contributed by atoms with Gasteiger partial charge >= 0.3 is 0 Å². The van der Waals surface area contributed by atoms with Crippen LogP contribution in [0, 0.1) is 0 Å². The summed E-state index contributed by atoms with van der Waals surface area (Å²) in [6.45, 7) is 7.48. The summed E-state index contributed by atoms with van der Waals surface area (Å²) in [6, 6.07) is 7.31. The number of nitrogens with one attached hydrogen (secondary N) is 3. The molecular weight excluding hydrogens is 420 g/mol. The zero-order valence-electron chi connectivity index (χ0n) is 19.5. The van der Waals surface area contributed by atoms with Gasteiger partial charge in [0.25, 0.3) is 11.5 Å². The van der Waals surface area contributed by atoms with Crippen molar-refractivity contribution in [3.05, 3.63) is 46.4 Å². The fraction of sp³-hybridized carbons (Fsp3) is 0.500. The Morgan fingerprint density at radius 3 is 2.58 bits per heavy atom. The Morgan fingerprint density at radius 1 is 1.09 bits per heavy atom. The summed E-state index contributed by atoms with van der Waals surface area (Å²) in [7, 11) is 3.76. The molecule has 2 saturated heterocycles. The van der Waals surface area contributed by atoms with Crippen LogP contribution >= 0.6 is 0 Å². The molecule has 0 aliphatic carbocycles. The van der Waals surface area contributed by atoms with E-state index >= 15 is 0 Å². The van der Waals surface area contributed by atoms with Crippen molar-refractivity contribution in [3.63, 3.8) is 0 Å². The number of benzene rings is 1. The summed E-state index contributed by atoms with van der Waals surface area (Å²) in [5.41, 5.74) is 1.79. The standard InChI is InChI=1S/C24H34N6O3/c1-28-13-15-30(16-14-28)20-17-18(5-6-21(20)33-2)27-24(32)22-19(7-8-26-23(22)31)25-9-12-29-10-3-4-11-29/h5-8,17H,3-4,9-16H2,1-2H3,(H,27,32)(H2,25,26,31). The van der Waals surface area contributed by atoms with E-state index in [1.54, 1.807) is 25.4 Å². The number of methoxy groups -OCH3 is 1. The van der Waals surface area contributed by atoms with Gasteiger partial charge in [0, 0.05) is 51.2 Å². The predicted molar refractivity (Wildman–Crippen MR) is 132 cm³/mol. The molecule has 33 heavy (non-hydrogen) atoms. The smallest absolute Gasteiger partial charge is 0.263 e. The Labute approximate surface area is 194 Å². The Kier molecular flexibility index (Phi) is 7.51. The largest absolute Gasteiger partial charge is 0.495 e. The minimum absolute atomic E-state index is 0.0934. The molecule has 3 N–H and O–H groups in total. The van der Waals surface area contributed by atoms with Gasteiger partial charge < -0.3 is 35.1 Å². The molecule has 0 unspecified atom stereocenters. The number of amides is 1. The third-order valence-corrected chi connectivity index (χ3v) is 6.41. The van der Waals surface area contributed by atoms with Crippen LogP contribution in [-0.2, 0) is 0 Å². The number of likely N-dealkylation sites (tertiary alicyclic amines) is 1. The highest BCUT2D eigenvalue weighted by molar-refractivity contribution is 6.08. The van der Waals surface area contributed by atoms with E-state index in [9.17, 15) is 9.59 Å². The lowest BCUT2D eigenvalue weighted by atomic mass is 10.1. The zero-order valence-corrected chi connectivity index (χ0v) is 19.5. The Hall–Kier alpha value is -3.04. The van der Waals surface area contributed by atoms with Crippen LogP contribution in [-0.4, -0.2) is 87.2 Å². The lowest BCUT2D eigenvalue weighted by molar-refractivity contribution is 0.102. The van der Waals surface area contributed by atoms with Crippen LogP contribution < -0.4 is 25.8 Å². The van der Waals surface area contributed by atoms with Crippen molar-refractivity contribution in [2.75, 3.05) is 82.0 Å². The quantitative estimate of drug-likeness (QED) is 0.561. The van der Waals surface area contributed by atoms with Crippen LogP contribution in [0.15, 0.2) is 35.3 Å². The molecule has 1 aromatic heterocycles. The highest BCUT2D eigenvalue weighted by Crippen LogP contribution is 2.32. The third-order valence-electron chi connectivity index (χ3n) is 6.41. The van der Waals surface area contributed by atoms with E-state index in [2.05, 4.69) is 37.4 Å². The summed E-state index contributed by atoms with van der Waals surface area (Å²) in [6.07, 6.45) is 4.03. The normalized spacial score (nSPS) is 17.2. The van der Waals surface area contributed by atoms with Gasteiger partial charge in [-0.3, -0.25) is 9.59 Å². The summed E-state index contributed by atoms with van der Waals surface area (Å²) >= 11 is 0. The van der Waals surface area contributed by atoms with Crippen LogP contribution in [0.5, 0.6) is 5.75 Å². The van der Waals surface area contributed by atoms with Gasteiger partial charge in [0.2, 0.25) is 0 Å². The molecule has 178 valence electrons. The van der Waals surface area contributed by atoms with Crippen molar-refractivity contribution >= 4 is 23.0 Å². The third kappa shape index (κ3) is 5.66. The van der Waals surface area contributed by atoms with Gasteiger partial charge in [0.05, 0.1) is 18.5 Å². The van der Waals surface area contributed by atoms with Gasteiger partial charge in [0.15, 0.2) is 0 Å². The van der Waals surface area contributed by atoms with Crippen molar-refractivity contribution in [2.24, 2.45) is 0 Å². The van der Waals surface area contributed by atoms with Gasteiger partial charge in [-0.25, -0.2) is 0 Å². The molecule has 3 heterocycles. The first-order chi connectivity index (χ1) is 16.0. The average Bonchev–Trinajstić information content (AvgIpc) is 3.33. The molecule has 0 atom stereocenters. The molecule has 0 saturated carbocycles. The van der Waals surface area contributed by atoms with Gasteiger partial charge in [-0.1, -0.05) is 0 Å². The van der Waals surface area contributed by atoms with E-state index in [0.29, 0.717) is 17.9 Å². The van der Waals surface area contributed by atoms with E-state index in [1.807, 2.05) is 12.1 Å². The first kappa shape index (κ1) is 23.1. The van der Waals surface area contributed by atoms with Gasteiger partial charge in [-0.2, -0.15) is 0 Å². The van der Waals surface area contributed by atoms with Crippen molar-refractivity contribution < 1.29 is 9.53 Å². The molecule has 2 aromatic rings. The monoisotopic (exact) mass is 454 g/mol. The predicted octanol–water partition coefficient (Wildman–Crippen LogP) is 1.90. The van der Waals surface area contributed by atoms with Crippen molar-refractivity contribution in [1.29, 1.82) is 0 Å². The molecule has 1 amide bonds. The molecule has 2 aliphatic rings. The minimum atomic E-state index is -0.435. The number of H-pyrrole nitrogens is 1. The minimum Gasteiger partial charge on any atom is -0.495 e. The molecule has 9 heteroatoms. The van der Waals surface area contributed by atoms with Crippen molar-refractivity contribution in [1.82, 2.24) is 14.8 Å². The number of anilines is 3. The number of nitrogens with zero attached hydrogens (tertiary/aromatic N) is 3. The van der Waals surface area contributed by atoms with Crippen LogP contribution in [0.25, 0.3) is 0 Å². The van der Waals surface area contributed by atoms with Gasteiger partial charge in [-0.15, -0.1) is 0 Å². The number of pyridine rings is 1. The van der Waals surface area contributed by atoms with E-state index < -0.39 is 11.5 Å². The van der Waals surface area contributed by atoms with Crippen LogP contribution in [0.2, 0.25) is 0 Å². The number of aromatic amines is 1. The SMILES string of the molecule is COc1ccc(NC(=O)c2c(NCCN3CCCC3)cc[nH]c2=O)cc1N1CCN(C)CC1. The molecule has 2 aliphatic heterocycles. The zero-order chi connectivity index (χ0) is 23.2. The van der Waals surface area contributed by atoms with Gasteiger partial charge in [0.1, 0.15) is 11.3 Å². The first-order valence-electron chi connectivity index (χ1n) is 11.7. The van der Waals surface area contributed by atoms with Crippen LogP contribution in [0.4, 0.5) is 17.1 Å². The first-order valence-corrected chi connectivity index (χ1v) is 11.7. The number of likely N-dealkylation sites (N-methyl/N-ethyl adjacent to an activating group) is 1. The maximum Gasteiger partial charge on any atom is 0.263 e. The van der Waals surface area contributed by atoms with Crippen molar-refractivity contribution in [2.45, 2.75) is 12.8 Å². The molecule has 1 aromatic carbocycles. The second kappa shape index (κ2) is 10.7. The highest BCUT2D eigenvalue weighted by Gasteiger charge is 2.20. The van der Waals surface area contributed by atoms with Crippen LogP contribution in [0.1, 0.15) is 23.2 Å². The summed E-state index contributed by atoms with van der Waals surface area (Å²) in [5.74, 6) is 0.328. The van der Waals surface area contributed by atoms with Crippen molar-refractivity contribution in [3.8, 4) is 5.75 Å². The van der Waals surface area contributed by atoms with Gasteiger partial charge in [-0.05, 0) is 57.2 Å². The molecule has 2 fully saturated rings. The fourth-order valence-corrected chi connectivity index (χ4v) is 4.46. The summed E-state index contributed by atoms with van der Waals surface area (Å²) in [4.78, 5) is 35.2. The molecule has 0 spiro atoms. The lowest BCUT2D eigenvalue weighted by Gasteiger charge is -2.35. The second-order valence-corrected chi connectivity index (χ2v) is 8.70. The number of ether oxygens (including phenoxy) is 1. The Balaban J connectivity index is 1.48. The number of carbonyl (C=O) groups excluding carboxylic acids is 1. The molecular formula is C24H34N6O3. The fourth-order valence-electron chi connectivity index (χ4n) is 4.46. The number of piperazine rings is 1.